The van der Waals surface area contributed by atoms with Crippen molar-refractivity contribution in [3.05, 3.63) is 40.5 Å². The van der Waals surface area contributed by atoms with Gasteiger partial charge in [0.05, 0.1) is 5.39 Å². The minimum Gasteiger partial charge on any atom is -0.367 e. The highest BCUT2D eigenvalue weighted by atomic mass is 35.5. The maximum atomic E-state index is 6.07. The number of aromatic nitrogens is 2. The molecule has 0 spiro atoms. The fourth-order valence-electron chi connectivity index (χ4n) is 2.57. The average molecular weight is 330 g/mol. The number of thiophene rings is 1. The quantitative estimate of drug-likeness (QED) is 0.673. The van der Waals surface area contributed by atoms with Crippen LogP contribution in [0.4, 0.5) is 5.82 Å². The maximum Gasteiger partial charge on any atom is 0.225 e. The molecule has 2 heterocycles. The number of hydrogen-bond acceptors (Lipinski definition) is 4. The first-order valence-electron chi connectivity index (χ1n) is 7.55. The van der Waals surface area contributed by atoms with Gasteiger partial charge in [0.2, 0.25) is 5.28 Å². The molecule has 5 heteroatoms. The topological polar surface area (TPSA) is 37.8 Å². The van der Waals surface area contributed by atoms with Crippen LogP contribution in [0.3, 0.4) is 0 Å². The van der Waals surface area contributed by atoms with Crippen LogP contribution >= 0.6 is 22.9 Å². The zero-order valence-electron chi connectivity index (χ0n) is 12.3. The van der Waals surface area contributed by atoms with E-state index in [1.807, 2.05) is 0 Å². The second kappa shape index (κ2) is 5.52. The summed E-state index contributed by atoms with van der Waals surface area (Å²) >= 11 is 7.69. The number of fused-ring (bicyclic) bond motifs is 1. The molecule has 0 radical (unpaired) electrons. The van der Waals surface area contributed by atoms with Crippen LogP contribution in [0.1, 0.15) is 25.3 Å². The Balaban J connectivity index is 1.85. The van der Waals surface area contributed by atoms with E-state index in [0.29, 0.717) is 11.3 Å². The van der Waals surface area contributed by atoms with Gasteiger partial charge in [-0.25, -0.2) is 9.97 Å². The second-order valence-corrected chi connectivity index (χ2v) is 6.84. The highest BCUT2D eigenvalue weighted by Gasteiger charge is 2.24. The van der Waals surface area contributed by atoms with Crippen LogP contribution in [-0.4, -0.2) is 16.0 Å². The highest BCUT2D eigenvalue weighted by Crippen LogP contribution is 2.39. The number of rotatable bonds is 4. The van der Waals surface area contributed by atoms with Gasteiger partial charge in [0.15, 0.2) is 0 Å². The third-order valence-electron chi connectivity index (χ3n) is 4.00. The molecule has 3 aromatic rings. The van der Waals surface area contributed by atoms with Gasteiger partial charge < -0.3 is 5.32 Å². The number of anilines is 1. The van der Waals surface area contributed by atoms with Crippen molar-refractivity contribution in [2.24, 2.45) is 0 Å². The maximum absolute atomic E-state index is 6.07. The van der Waals surface area contributed by atoms with E-state index < -0.39 is 0 Å². The summed E-state index contributed by atoms with van der Waals surface area (Å²) in [5.41, 5.74) is 3.73. The van der Waals surface area contributed by atoms with Gasteiger partial charge in [-0.15, -0.1) is 11.3 Å². The molecule has 1 aliphatic carbocycles. The second-order valence-electron chi connectivity index (χ2n) is 5.64. The molecule has 1 N–H and O–H groups in total. The Labute approximate surface area is 138 Å². The van der Waals surface area contributed by atoms with Gasteiger partial charge in [0, 0.05) is 17.0 Å². The van der Waals surface area contributed by atoms with Gasteiger partial charge in [-0.05, 0) is 42.0 Å². The smallest absolute Gasteiger partial charge is 0.225 e. The lowest BCUT2D eigenvalue weighted by molar-refractivity contribution is 1.11. The number of hydrogen-bond donors (Lipinski definition) is 1. The summed E-state index contributed by atoms with van der Waals surface area (Å²) in [5, 5.41) is 7.04. The third-order valence-corrected chi connectivity index (χ3v) is 5.04. The van der Waals surface area contributed by atoms with Crippen molar-refractivity contribution in [2.75, 3.05) is 5.32 Å². The van der Waals surface area contributed by atoms with Crippen molar-refractivity contribution in [3.63, 3.8) is 0 Å². The van der Waals surface area contributed by atoms with E-state index >= 15 is 0 Å². The molecule has 4 rings (SSSR count). The van der Waals surface area contributed by atoms with Crippen LogP contribution in [0, 0.1) is 0 Å². The number of benzene rings is 1. The fraction of sp³-hybridized carbons (Fsp3) is 0.294. The molecule has 0 aliphatic heterocycles. The number of nitrogens with one attached hydrogen (secondary N) is 1. The van der Waals surface area contributed by atoms with E-state index in [0.717, 1.165) is 22.5 Å². The lowest BCUT2D eigenvalue weighted by Gasteiger charge is -2.08. The van der Waals surface area contributed by atoms with Crippen LogP contribution < -0.4 is 5.32 Å². The first-order valence-corrected chi connectivity index (χ1v) is 8.81. The predicted octanol–water partition coefficient (Wildman–Crippen LogP) is 5.15. The molecule has 3 nitrogen and oxygen atoms in total. The van der Waals surface area contributed by atoms with Crippen molar-refractivity contribution in [1.82, 2.24) is 9.97 Å². The van der Waals surface area contributed by atoms with E-state index in [1.54, 1.807) is 11.3 Å². The molecular weight excluding hydrogens is 314 g/mol. The van der Waals surface area contributed by atoms with Crippen molar-refractivity contribution in [3.8, 4) is 11.1 Å². The van der Waals surface area contributed by atoms with Gasteiger partial charge in [-0.1, -0.05) is 31.2 Å². The first-order chi connectivity index (χ1) is 10.7. The zero-order valence-corrected chi connectivity index (χ0v) is 13.8. The average Bonchev–Trinajstić information content (AvgIpc) is 3.24. The molecule has 112 valence electrons. The molecule has 1 aromatic carbocycles. The van der Waals surface area contributed by atoms with E-state index in [9.17, 15) is 0 Å². The molecule has 1 saturated carbocycles. The van der Waals surface area contributed by atoms with Gasteiger partial charge in [0.1, 0.15) is 10.6 Å². The summed E-state index contributed by atoms with van der Waals surface area (Å²) in [6.07, 6.45) is 3.46. The minimum absolute atomic E-state index is 0.311. The van der Waals surface area contributed by atoms with E-state index in [1.165, 1.54) is 29.5 Å². The van der Waals surface area contributed by atoms with Gasteiger partial charge in [0.25, 0.3) is 0 Å². The van der Waals surface area contributed by atoms with Crippen molar-refractivity contribution >= 4 is 39.0 Å². The Morgan fingerprint density at radius 1 is 1.23 bits per heavy atom. The van der Waals surface area contributed by atoms with Gasteiger partial charge >= 0.3 is 0 Å². The Morgan fingerprint density at radius 2 is 2.00 bits per heavy atom. The normalized spacial score (nSPS) is 14.5. The number of aryl methyl sites for hydroxylation is 1. The van der Waals surface area contributed by atoms with Crippen LogP contribution in [0.5, 0.6) is 0 Å². The molecule has 22 heavy (non-hydrogen) atoms. The summed E-state index contributed by atoms with van der Waals surface area (Å²) in [5.74, 6) is 0.869. The largest absolute Gasteiger partial charge is 0.367 e. The monoisotopic (exact) mass is 329 g/mol. The molecule has 0 bridgehead atoms. The number of nitrogens with zero attached hydrogens (tertiary/aromatic N) is 2. The summed E-state index contributed by atoms with van der Waals surface area (Å²) in [6.45, 7) is 2.17. The fourth-order valence-corrected chi connectivity index (χ4v) is 3.74. The van der Waals surface area contributed by atoms with Crippen LogP contribution in [0.25, 0.3) is 21.3 Å². The number of halogens is 1. The first kappa shape index (κ1) is 14.0. The highest BCUT2D eigenvalue weighted by molar-refractivity contribution is 7.17. The summed E-state index contributed by atoms with van der Waals surface area (Å²) in [6, 6.07) is 9.25. The Bertz CT molecular complexity index is 822. The molecule has 0 amide bonds. The molecule has 0 unspecified atom stereocenters. The molecule has 0 saturated heterocycles. The predicted molar refractivity (Wildman–Crippen MR) is 93.9 cm³/mol. The summed E-state index contributed by atoms with van der Waals surface area (Å²) < 4.78 is 0. The standard InChI is InChI=1S/C17H16ClN3S/c1-2-10-3-5-11(6-4-10)13-9-22-16-14(13)15(19-12-7-8-12)20-17(18)21-16/h3-6,9,12H,2,7-8H2,1H3,(H,19,20,21). The molecular formula is C17H16ClN3S. The third kappa shape index (κ3) is 2.57. The molecule has 1 fully saturated rings. The lowest BCUT2D eigenvalue weighted by atomic mass is 10.0. The Kier molecular flexibility index (Phi) is 3.51. The molecule has 2 aromatic heterocycles. The van der Waals surface area contributed by atoms with Gasteiger partial charge in [-0.2, -0.15) is 0 Å². The zero-order chi connectivity index (χ0) is 15.1. The lowest BCUT2D eigenvalue weighted by Crippen LogP contribution is -2.04. The molecule has 0 atom stereocenters. The summed E-state index contributed by atoms with van der Waals surface area (Å²) in [4.78, 5) is 9.74. The van der Waals surface area contributed by atoms with Crippen molar-refractivity contribution < 1.29 is 0 Å². The summed E-state index contributed by atoms with van der Waals surface area (Å²) in [7, 11) is 0. The van der Waals surface area contributed by atoms with Crippen LogP contribution in [0.15, 0.2) is 29.6 Å². The Morgan fingerprint density at radius 3 is 2.68 bits per heavy atom. The van der Waals surface area contributed by atoms with E-state index in [2.05, 4.69) is 51.9 Å². The van der Waals surface area contributed by atoms with Crippen LogP contribution in [-0.2, 0) is 6.42 Å². The minimum atomic E-state index is 0.311. The van der Waals surface area contributed by atoms with Crippen LogP contribution in [0.2, 0.25) is 5.28 Å². The van der Waals surface area contributed by atoms with E-state index in [-0.39, 0.29) is 0 Å². The van der Waals surface area contributed by atoms with Crippen molar-refractivity contribution in [2.45, 2.75) is 32.2 Å². The van der Waals surface area contributed by atoms with Gasteiger partial charge in [-0.3, -0.25) is 0 Å². The Hall–Kier alpha value is -1.65. The van der Waals surface area contributed by atoms with Crippen molar-refractivity contribution in [1.29, 1.82) is 0 Å². The van der Waals surface area contributed by atoms with E-state index in [4.69, 9.17) is 11.6 Å². The molecule has 1 aliphatic rings. The SMILES string of the molecule is CCc1ccc(-c2csc3nc(Cl)nc(NC4CC4)c23)cc1.